The number of rotatable bonds is 6. The maximum Gasteiger partial charge on any atom is 0.251 e. The van der Waals surface area contributed by atoms with E-state index in [0.29, 0.717) is 23.7 Å². The van der Waals surface area contributed by atoms with Gasteiger partial charge in [-0.3, -0.25) is 4.79 Å². The first-order chi connectivity index (χ1) is 13.3. The normalized spacial score (nSPS) is 10.7. The molecule has 0 saturated carbocycles. The van der Waals surface area contributed by atoms with E-state index in [-0.39, 0.29) is 12.5 Å². The van der Waals surface area contributed by atoms with Crippen LogP contribution in [0.5, 0.6) is 5.75 Å². The number of benzene rings is 3. The second kappa shape index (κ2) is 7.74. The van der Waals surface area contributed by atoms with E-state index in [2.05, 4.69) is 10.3 Å². The van der Waals surface area contributed by atoms with Crippen LogP contribution in [0.25, 0.3) is 11.1 Å². The number of hydrogen-bond acceptors (Lipinski definition) is 4. The van der Waals surface area contributed by atoms with Crippen LogP contribution >= 0.6 is 0 Å². The first kappa shape index (κ1) is 16.8. The van der Waals surface area contributed by atoms with Crippen molar-refractivity contribution in [3.63, 3.8) is 0 Å². The predicted molar refractivity (Wildman–Crippen MR) is 102 cm³/mol. The summed E-state index contributed by atoms with van der Waals surface area (Å²) in [7, 11) is 0. The van der Waals surface area contributed by atoms with Crippen molar-refractivity contribution in [2.45, 2.75) is 13.2 Å². The van der Waals surface area contributed by atoms with Crippen LogP contribution in [0.15, 0.2) is 83.3 Å². The lowest BCUT2D eigenvalue weighted by Gasteiger charge is -2.08. The quantitative estimate of drug-likeness (QED) is 0.557. The number of nitrogens with zero attached hydrogens (tertiary/aromatic N) is 1. The molecule has 0 aliphatic heterocycles. The minimum absolute atomic E-state index is 0.147. The van der Waals surface area contributed by atoms with Crippen LogP contribution in [0.4, 0.5) is 0 Å². The van der Waals surface area contributed by atoms with Crippen molar-refractivity contribution in [1.82, 2.24) is 10.3 Å². The lowest BCUT2D eigenvalue weighted by Crippen LogP contribution is -2.22. The van der Waals surface area contributed by atoms with Crippen molar-refractivity contribution in [2.75, 3.05) is 0 Å². The van der Waals surface area contributed by atoms with Gasteiger partial charge in [-0.2, -0.15) is 0 Å². The number of carbonyl (C=O) groups is 1. The van der Waals surface area contributed by atoms with Crippen LogP contribution in [-0.2, 0) is 13.2 Å². The summed E-state index contributed by atoms with van der Waals surface area (Å²) in [6.07, 6.45) is 0. The monoisotopic (exact) mass is 358 g/mol. The molecule has 0 aliphatic carbocycles. The molecule has 5 nitrogen and oxygen atoms in total. The Morgan fingerprint density at radius 1 is 0.963 bits per heavy atom. The highest BCUT2D eigenvalue weighted by molar-refractivity contribution is 5.94. The number of amides is 1. The van der Waals surface area contributed by atoms with Gasteiger partial charge in [0.15, 0.2) is 12.2 Å². The van der Waals surface area contributed by atoms with Gasteiger partial charge in [0.2, 0.25) is 5.89 Å². The minimum atomic E-state index is -0.147. The summed E-state index contributed by atoms with van der Waals surface area (Å²) in [5.41, 5.74) is 3.12. The average molecular weight is 358 g/mol. The highest BCUT2D eigenvalue weighted by Crippen LogP contribution is 2.18. The summed E-state index contributed by atoms with van der Waals surface area (Å²) >= 11 is 0. The maximum atomic E-state index is 12.4. The number of nitrogens with one attached hydrogen (secondary N) is 1. The SMILES string of the molecule is O=C(NCc1ccccc1)c1cccc(OCc2nc3ccccc3o2)c1. The third kappa shape index (κ3) is 4.15. The molecule has 0 fully saturated rings. The van der Waals surface area contributed by atoms with Gasteiger partial charge in [-0.15, -0.1) is 0 Å². The molecular weight excluding hydrogens is 340 g/mol. The zero-order valence-corrected chi connectivity index (χ0v) is 14.6. The molecule has 1 N–H and O–H groups in total. The summed E-state index contributed by atoms with van der Waals surface area (Å²) in [5.74, 6) is 0.936. The number of ether oxygens (including phenoxy) is 1. The van der Waals surface area contributed by atoms with Gasteiger partial charge in [0, 0.05) is 12.1 Å². The molecule has 0 spiro atoms. The van der Waals surface area contributed by atoms with Gasteiger partial charge in [-0.1, -0.05) is 48.5 Å². The summed E-state index contributed by atoms with van der Waals surface area (Å²) in [4.78, 5) is 16.7. The number of fused-ring (bicyclic) bond motifs is 1. The third-order valence-electron chi connectivity index (χ3n) is 4.09. The zero-order valence-electron chi connectivity index (χ0n) is 14.6. The fraction of sp³-hybridized carbons (Fsp3) is 0.0909. The molecule has 134 valence electrons. The minimum Gasteiger partial charge on any atom is -0.484 e. The number of oxazole rings is 1. The van der Waals surface area contributed by atoms with Gasteiger partial charge in [0.1, 0.15) is 11.3 Å². The second-order valence-corrected chi connectivity index (χ2v) is 6.06. The van der Waals surface area contributed by atoms with E-state index >= 15 is 0 Å². The molecule has 1 amide bonds. The first-order valence-electron chi connectivity index (χ1n) is 8.67. The lowest BCUT2D eigenvalue weighted by atomic mass is 10.2. The summed E-state index contributed by atoms with van der Waals surface area (Å²) < 4.78 is 11.4. The maximum absolute atomic E-state index is 12.4. The predicted octanol–water partition coefficient (Wildman–Crippen LogP) is 4.34. The summed E-state index contributed by atoms with van der Waals surface area (Å²) in [6.45, 7) is 0.678. The molecule has 27 heavy (non-hydrogen) atoms. The molecule has 0 atom stereocenters. The molecule has 0 aliphatic rings. The Labute approximate surface area is 156 Å². The standard InChI is InChI=1S/C22H18N2O3/c25-22(23-14-16-7-2-1-3-8-16)17-9-6-10-18(13-17)26-15-21-24-19-11-4-5-12-20(19)27-21/h1-13H,14-15H2,(H,23,25). The van der Waals surface area contributed by atoms with E-state index in [1.54, 1.807) is 24.3 Å². The third-order valence-corrected chi connectivity index (χ3v) is 4.09. The van der Waals surface area contributed by atoms with Crippen molar-refractivity contribution in [3.8, 4) is 5.75 Å². The Morgan fingerprint density at radius 2 is 1.78 bits per heavy atom. The molecule has 0 radical (unpaired) electrons. The average Bonchev–Trinajstić information content (AvgIpc) is 3.14. The second-order valence-electron chi connectivity index (χ2n) is 6.06. The molecule has 1 heterocycles. The highest BCUT2D eigenvalue weighted by atomic mass is 16.5. The van der Waals surface area contributed by atoms with E-state index in [0.717, 1.165) is 16.7 Å². The fourth-order valence-electron chi connectivity index (χ4n) is 2.73. The Kier molecular flexibility index (Phi) is 4.83. The van der Waals surface area contributed by atoms with E-state index in [9.17, 15) is 4.79 Å². The van der Waals surface area contributed by atoms with Gasteiger partial charge < -0.3 is 14.5 Å². The first-order valence-corrected chi connectivity index (χ1v) is 8.67. The van der Waals surface area contributed by atoms with Crippen LogP contribution in [0, 0.1) is 0 Å². The van der Waals surface area contributed by atoms with Crippen molar-refractivity contribution < 1.29 is 13.9 Å². The largest absolute Gasteiger partial charge is 0.484 e. The van der Waals surface area contributed by atoms with Crippen molar-refractivity contribution in [3.05, 3.63) is 95.9 Å². The zero-order chi connectivity index (χ0) is 18.5. The molecule has 1 aromatic heterocycles. The Balaban J connectivity index is 1.38. The van der Waals surface area contributed by atoms with Gasteiger partial charge in [-0.05, 0) is 35.9 Å². The molecule has 4 aromatic rings. The Bertz CT molecular complexity index is 1020. The molecule has 0 unspecified atom stereocenters. The van der Waals surface area contributed by atoms with Crippen LogP contribution in [0.2, 0.25) is 0 Å². The van der Waals surface area contributed by atoms with E-state index in [1.807, 2.05) is 54.6 Å². The van der Waals surface area contributed by atoms with Crippen LogP contribution in [0.1, 0.15) is 21.8 Å². The van der Waals surface area contributed by atoms with Crippen molar-refractivity contribution in [2.24, 2.45) is 0 Å². The number of hydrogen-bond donors (Lipinski definition) is 1. The highest BCUT2D eigenvalue weighted by Gasteiger charge is 2.09. The Morgan fingerprint density at radius 3 is 2.63 bits per heavy atom. The van der Waals surface area contributed by atoms with Crippen LogP contribution in [-0.4, -0.2) is 10.9 Å². The van der Waals surface area contributed by atoms with E-state index < -0.39 is 0 Å². The number of carbonyl (C=O) groups excluding carboxylic acids is 1. The smallest absolute Gasteiger partial charge is 0.251 e. The molecule has 5 heteroatoms. The number of aromatic nitrogens is 1. The van der Waals surface area contributed by atoms with Gasteiger partial charge in [0.25, 0.3) is 5.91 Å². The lowest BCUT2D eigenvalue weighted by molar-refractivity contribution is 0.0950. The number of para-hydroxylation sites is 2. The molecule has 0 saturated heterocycles. The van der Waals surface area contributed by atoms with Gasteiger partial charge in [0.05, 0.1) is 0 Å². The fourth-order valence-corrected chi connectivity index (χ4v) is 2.73. The van der Waals surface area contributed by atoms with Crippen molar-refractivity contribution in [1.29, 1.82) is 0 Å². The van der Waals surface area contributed by atoms with Gasteiger partial charge in [-0.25, -0.2) is 4.98 Å². The molecular formula is C22H18N2O3. The van der Waals surface area contributed by atoms with Gasteiger partial charge >= 0.3 is 0 Å². The Hall–Kier alpha value is -3.60. The summed E-state index contributed by atoms with van der Waals surface area (Å²) in [5, 5.41) is 2.91. The molecule has 4 rings (SSSR count). The van der Waals surface area contributed by atoms with E-state index in [4.69, 9.17) is 9.15 Å². The molecule has 3 aromatic carbocycles. The van der Waals surface area contributed by atoms with Crippen LogP contribution in [0.3, 0.4) is 0 Å². The molecule has 0 bridgehead atoms. The van der Waals surface area contributed by atoms with Crippen LogP contribution < -0.4 is 10.1 Å². The van der Waals surface area contributed by atoms with Crippen molar-refractivity contribution >= 4 is 17.0 Å². The summed E-state index contributed by atoms with van der Waals surface area (Å²) in [6, 6.07) is 24.4. The van der Waals surface area contributed by atoms with E-state index in [1.165, 1.54) is 0 Å². The topological polar surface area (TPSA) is 64.4 Å².